The van der Waals surface area contributed by atoms with Crippen molar-refractivity contribution in [3.8, 4) is 0 Å². The van der Waals surface area contributed by atoms with E-state index in [9.17, 15) is 9.18 Å². The van der Waals surface area contributed by atoms with Crippen LogP contribution in [0.3, 0.4) is 0 Å². The van der Waals surface area contributed by atoms with E-state index in [4.69, 9.17) is 4.74 Å². The van der Waals surface area contributed by atoms with Gasteiger partial charge < -0.3 is 15.0 Å². The molecule has 2 heterocycles. The second-order valence-electron chi connectivity index (χ2n) is 7.84. The van der Waals surface area contributed by atoms with Crippen LogP contribution in [0.25, 0.3) is 0 Å². The molecular formula is C20H27FN2O2. The highest BCUT2D eigenvalue weighted by Crippen LogP contribution is 2.43. The highest BCUT2D eigenvalue weighted by atomic mass is 19.1. The van der Waals surface area contributed by atoms with Gasteiger partial charge in [0.1, 0.15) is 5.82 Å². The average Bonchev–Trinajstić information content (AvgIpc) is 3.21. The Kier molecular flexibility index (Phi) is 4.78. The summed E-state index contributed by atoms with van der Waals surface area (Å²) in [4.78, 5) is 14.5. The van der Waals surface area contributed by atoms with Gasteiger partial charge in [0, 0.05) is 37.2 Å². The summed E-state index contributed by atoms with van der Waals surface area (Å²) in [5.74, 6) is -0.00949. The zero-order chi connectivity index (χ0) is 17.3. The first-order chi connectivity index (χ1) is 12.1. The van der Waals surface area contributed by atoms with Crippen molar-refractivity contribution in [2.45, 2.75) is 69.1 Å². The third kappa shape index (κ3) is 3.58. The molecule has 1 aromatic carbocycles. The van der Waals surface area contributed by atoms with Gasteiger partial charge in [-0.2, -0.15) is 0 Å². The molecular weight excluding hydrogens is 319 g/mol. The summed E-state index contributed by atoms with van der Waals surface area (Å²) in [6.07, 6.45) is 6.96. The molecule has 1 aromatic rings. The Morgan fingerprint density at radius 3 is 2.76 bits per heavy atom. The quantitative estimate of drug-likeness (QED) is 0.911. The number of nitrogens with one attached hydrogen (secondary N) is 1. The number of hydrogen-bond donors (Lipinski definition) is 1. The number of halogens is 1. The fourth-order valence-corrected chi connectivity index (χ4v) is 4.79. The van der Waals surface area contributed by atoms with Crippen molar-refractivity contribution in [1.82, 2.24) is 10.2 Å². The van der Waals surface area contributed by atoms with Crippen LogP contribution in [0.1, 0.15) is 50.5 Å². The molecule has 1 saturated carbocycles. The van der Waals surface area contributed by atoms with E-state index in [1.165, 1.54) is 6.07 Å². The number of carbonyl (C=O) groups excluding carboxylic acids is 1. The monoisotopic (exact) mass is 346 g/mol. The Morgan fingerprint density at radius 1 is 1.20 bits per heavy atom. The predicted molar refractivity (Wildman–Crippen MR) is 93.5 cm³/mol. The summed E-state index contributed by atoms with van der Waals surface area (Å²) in [6, 6.07) is 7.66. The summed E-state index contributed by atoms with van der Waals surface area (Å²) in [7, 11) is 0. The number of amides is 1. The molecule has 25 heavy (non-hydrogen) atoms. The Labute approximate surface area is 148 Å². The molecule has 2 saturated heterocycles. The van der Waals surface area contributed by atoms with Crippen LogP contribution in [0, 0.1) is 5.82 Å². The first-order valence-corrected chi connectivity index (χ1v) is 9.53. The molecule has 1 atom stereocenters. The summed E-state index contributed by atoms with van der Waals surface area (Å²) in [5, 5.41) is 3.73. The van der Waals surface area contributed by atoms with E-state index in [0.29, 0.717) is 25.0 Å². The van der Waals surface area contributed by atoms with Crippen molar-refractivity contribution >= 4 is 5.91 Å². The van der Waals surface area contributed by atoms with Gasteiger partial charge in [-0.25, -0.2) is 4.39 Å². The van der Waals surface area contributed by atoms with Crippen molar-refractivity contribution < 1.29 is 13.9 Å². The van der Waals surface area contributed by atoms with Gasteiger partial charge in [-0.05, 0) is 56.2 Å². The fourth-order valence-electron chi connectivity index (χ4n) is 4.79. The third-order valence-electron chi connectivity index (χ3n) is 6.22. The molecule has 1 spiro atoms. The van der Waals surface area contributed by atoms with Crippen molar-refractivity contribution in [3.05, 3.63) is 35.6 Å². The van der Waals surface area contributed by atoms with E-state index in [1.807, 2.05) is 11.0 Å². The van der Waals surface area contributed by atoms with Gasteiger partial charge in [-0.15, -0.1) is 0 Å². The van der Waals surface area contributed by atoms with Crippen molar-refractivity contribution in [2.75, 3.05) is 13.2 Å². The molecule has 5 heteroatoms. The second-order valence-corrected chi connectivity index (χ2v) is 7.84. The van der Waals surface area contributed by atoms with Crippen LogP contribution in [0.4, 0.5) is 4.39 Å². The van der Waals surface area contributed by atoms with Gasteiger partial charge in [0.05, 0.1) is 6.61 Å². The number of ether oxygens (including phenoxy) is 1. The zero-order valence-electron chi connectivity index (χ0n) is 14.7. The Morgan fingerprint density at radius 2 is 2.04 bits per heavy atom. The summed E-state index contributed by atoms with van der Waals surface area (Å²) >= 11 is 0. The number of likely N-dealkylation sites (tertiary alicyclic amines) is 1. The van der Waals surface area contributed by atoms with Crippen LogP contribution in [0.5, 0.6) is 0 Å². The maximum absolute atomic E-state index is 13.5. The molecule has 0 aromatic heterocycles. The van der Waals surface area contributed by atoms with Crippen LogP contribution in [-0.2, 0) is 16.1 Å². The molecule has 2 aliphatic heterocycles. The highest BCUT2D eigenvalue weighted by Gasteiger charge is 2.47. The van der Waals surface area contributed by atoms with Gasteiger partial charge in [-0.3, -0.25) is 4.79 Å². The molecule has 136 valence electrons. The van der Waals surface area contributed by atoms with Crippen molar-refractivity contribution in [3.63, 3.8) is 0 Å². The molecule has 3 fully saturated rings. The Bertz CT molecular complexity index is 622. The number of nitrogens with zero attached hydrogens (tertiary/aromatic N) is 1. The van der Waals surface area contributed by atoms with Gasteiger partial charge >= 0.3 is 0 Å². The molecule has 1 amide bonds. The van der Waals surface area contributed by atoms with E-state index in [-0.39, 0.29) is 17.3 Å². The third-order valence-corrected chi connectivity index (χ3v) is 6.22. The standard InChI is InChI=1S/C20H27FN2O2/c21-16-3-1-2-15(12-16)13-23-19(24)6-10-20(23)8-4-17(5-9-20)22-18-7-11-25-14-18/h1-3,12,17-18,22H,4-11,13-14H2/t17?,18-,20?/m0/s1. The second kappa shape index (κ2) is 7.04. The summed E-state index contributed by atoms with van der Waals surface area (Å²) in [5.41, 5.74) is 0.867. The van der Waals surface area contributed by atoms with Gasteiger partial charge in [0.2, 0.25) is 5.91 Å². The van der Waals surface area contributed by atoms with Gasteiger partial charge in [-0.1, -0.05) is 12.1 Å². The number of hydrogen-bond acceptors (Lipinski definition) is 3. The van der Waals surface area contributed by atoms with E-state index >= 15 is 0 Å². The van der Waals surface area contributed by atoms with E-state index in [0.717, 1.165) is 57.3 Å². The van der Waals surface area contributed by atoms with Crippen molar-refractivity contribution in [2.24, 2.45) is 0 Å². The summed E-state index contributed by atoms with van der Waals surface area (Å²) in [6.45, 7) is 2.22. The topological polar surface area (TPSA) is 41.6 Å². The van der Waals surface area contributed by atoms with E-state index in [2.05, 4.69) is 5.32 Å². The maximum atomic E-state index is 13.5. The van der Waals surface area contributed by atoms with Crippen LogP contribution in [-0.4, -0.2) is 41.6 Å². The molecule has 0 radical (unpaired) electrons. The SMILES string of the molecule is O=C1CCC2(CCC(N[C@H]3CCOC3)CC2)N1Cc1cccc(F)c1. The zero-order valence-corrected chi connectivity index (χ0v) is 14.7. The van der Waals surface area contributed by atoms with Gasteiger partial charge in [0.15, 0.2) is 0 Å². The van der Waals surface area contributed by atoms with Crippen LogP contribution < -0.4 is 5.32 Å². The first-order valence-electron chi connectivity index (χ1n) is 9.53. The van der Waals surface area contributed by atoms with Gasteiger partial charge in [0.25, 0.3) is 0 Å². The molecule has 0 unspecified atom stereocenters. The minimum Gasteiger partial charge on any atom is -0.380 e. The molecule has 4 nitrogen and oxygen atoms in total. The fraction of sp³-hybridized carbons (Fsp3) is 0.650. The smallest absolute Gasteiger partial charge is 0.223 e. The van der Waals surface area contributed by atoms with E-state index < -0.39 is 0 Å². The minimum absolute atomic E-state index is 0.0201. The molecule has 0 bridgehead atoms. The molecule has 1 aliphatic carbocycles. The maximum Gasteiger partial charge on any atom is 0.223 e. The number of benzene rings is 1. The van der Waals surface area contributed by atoms with Crippen LogP contribution >= 0.6 is 0 Å². The number of carbonyl (C=O) groups is 1. The largest absolute Gasteiger partial charge is 0.380 e. The molecule has 1 N–H and O–H groups in total. The summed E-state index contributed by atoms with van der Waals surface area (Å²) < 4.78 is 18.9. The average molecular weight is 346 g/mol. The lowest BCUT2D eigenvalue weighted by Crippen LogP contribution is -2.51. The van der Waals surface area contributed by atoms with Crippen LogP contribution in [0.15, 0.2) is 24.3 Å². The highest BCUT2D eigenvalue weighted by molar-refractivity contribution is 5.79. The van der Waals surface area contributed by atoms with Crippen LogP contribution in [0.2, 0.25) is 0 Å². The number of rotatable bonds is 4. The normalized spacial score (nSPS) is 32.7. The predicted octanol–water partition coefficient (Wildman–Crippen LogP) is 3.01. The lowest BCUT2D eigenvalue weighted by Gasteiger charge is -2.44. The van der Waals surface area contributed by atoms with E-state index in [1.54, 1.807) is 12.1 Å². The molecule has 4 rings (SSSR count). The first kappa shape index (κ1) is 17.0. The van der Waals surface area contributed by atoms with Crippen molar-refractivity contribution in [1.29, 1.82) is 0 Å². The lowest BCUT2D eigenvalue weighted by molar-refractivity contribution is -0.133. The Balaban J connectivity index is 1.41. The minimum atomic E-state index is -0.232. The molecule has 3 aliphatic rings. The lowest BCUT2D eigenvalue weighted by atomic mass is 9.77. The Hall–Kier alpha value is -1.46.